The van der Waals surface area contributed by atoms with Crippen LogP contribution in [0.3, 0.4) is 0 Å². The number of rotatable bonds is 4. The van der Waals surface area contributed by atoms with E-state index in [9.17, 15) is 4.79 Å². The average Bonchev–Trinajstić information content (AvgIpc) is 2.82. The van der Waals surface area contributed by atoms with Gasteiger partial charge in [-0.25, -0.2) is 0 Å². The van der Waals surface area contributed by atoms with Crippen molar-refractivity contribution in [2.75, 3.05) is 0 Å². The highest BCUT2D eigenvalue weighted by Crippen LogP contribution is 2.09. The van der Waals surface area contributed by atoms with E-state index < -0.39 is 0 Å². The molecule has 0 bridgehead atoms. The van der Waals surface area contributed by atoms with Crippen molar-refractivity contribution in [1.29, 1.82) is 0 Å². The second kappa shape index (κ2) is 5.69. The molecule has 2 heterocycles. The van der Waals surface area contributed by atoms with Crippen LogP contribution in [0.2, 0.25) is 0 Å². The van der Waals surface area contributed by atoms with Gasteiger partial charge in [-0.2, -0.15) is 5.10 Å². The molecule has 0 aromatic carbocycles. The molecule has 0 saturated carbocycles. The van der Waals surface area contributed by atoms with Gasteiger partial charge < -0.3 is 4.57 Å². The summed E-state index contributed by atoms with van der Waals surface area (Å²) in [5.74, 6) is 0. The third kappa shape index (κ3) is 2.82. The highest BCUT2D eigenvalue weighted by Gasteiger charge is 2.06. The molecule has 0 N–H and O–H groups in total. The minimum Gasteiger partial charge on any atom is -0.309 e. The summed E-state index contributed by atoms with van der Waals surface area (Å²) in [7, 11) is 0. The van der Waals surface area contributed by atoms with Crippen molar-refractivity contribution >= 4 is 22.6 Å². The van der Waals surface area contributed by atoms with Gasteiger partial charge >= 0.3 is 0 Å². The third-order valence-corrected chi connectivity index (χ3v) is 3.83. The van der Waals surface area contributed by atoms with Gasteiger partial charge in [0.05, 0.1) is 15.8 Å². The lowest BCUT2D eigenvalue weighted by molar-refractivity contribution is 0.472. The number of hydrogen-bond acceptors (Lipinski definition) is 2. The molecule has 2 rings (SSSR count). The van der Waals surface area contributed by atoms with Crippen LogP contribution in [0.1, 0.15) is 32.0 Å². The van der Waals surface area contributed by atoms with Gasteiger partial charge in [-0.3, -0.25) is 9.48 Å². The van der Waals surface area contributed by atoms with Gasteiger partial charge in [-0.15, -0.1) is 0 Å². The summed E-state index contributed by atoms with van der Waals surface area (Å²) < 4.78 is 4.37. The highest BCUT2D eigenvalue weighted by atomic mass is 127. The maximum absolute atomic E-state index is 11.9. The van der Waals surface area contributed by atoms with Crippen molar-refractivity contribution in [3.05, 3.63) is 50.2 Å². The summed E-state index contributed by atoms with van der Waals surface area (Å²) >= 11 is 2.06. The first-order valence-electron chi connectivity index (χ1n) is 6.00. The molecule has 0 spiro atoms. The molecular weight excluding hydrogens is 341 g/mol. The minimum absolute atomic E-state index is 0.0381. The summed E-state index contributed by atoms with van der Waals surface area (Å²) in [6.07, 6.45) is 4.82. The number of pyridine rings is 1. The smallest absolute Gasteiger partial charge is 0.264 e. The van der Waals surface area contributed by atoms with Gasteiger partial charge in [0.15, 0.2) is 0 Å². The topological polar surface area (TPSA) is 39.8 Å². The maximum Gasteiger partial charge on any atom is 0.264 e. The maximum atomic E-state index is 11.9. The Morgan fingerprint density at radius 1 is 1.39 bits per heavy atom. The first kappa shape index (κ1) is 13.3. The van der Waals surface area contributed by atoms with Crippen LogP contribution >= 0.6 is 22.6 Å². The van der Waals surface area contributed by atoms with Gasteiger partial charge in [0.1, 0.15) is 0 Å². The SMILES string of the molecule is CCC(C)n1ccc(Cn2cccc(I)c2=O)n1. The summed E-state index contributed by atoms with van der Waals surface area (Å²) in [5.41, 5.74) is 0.954. The zero-order valence-electron chi connectivity index (χ0n) is 10.5. The number of aromatic nitrogens is 3. The first-order valence-corrected chi connectivity index (χ1v) is 7.08. The fourth-order valence-electron chi connectivity index (χ4n) is 1.70. The standard InChI is InChI=1S/C13H16IN3O/c1-3-10(2)17-8-6-11(15-17)9-16-7-4-5-12(14)13(16)18/h4-8,10H,3,9H2,1-2H3. The fraction of sp³-hybridized carbons (Fsp3) is 0.385. The largest absolute Gasteiger partial charge is 0.309 e. The van der Waals surface area contributed by atoms with E-state index in [-0.39, 0.29) is 5.56 Å². The van der Waals surface area contributed by atoms with Gasteiger partial charge in [-0.1, -0.05) is 6.92 Å². The molecule has 0 aliphatic heterocycles. The average molecular weight is 357 g/mol. The molecule has 18 heavy (non-hydrogen) atoms. The Morgan fingerprint density at radius 3 is 2.89 bits per heavy atom. The van der Waals surface area contributed by atoms with E-state index in [2.05, 4.69) is 41.5 Å². The van der Waals surface area contributed by atoms with E-state index in [4.69, 9.17) is 0 Å². The van der Waals surface area contributed by atoms with E-state index in [1.807, 2.05) is 29.1 Å². The van der Waals surface area contributed by atoms with Crippen LogP contribution in [0.4, 0.5) is 0 Å². The Morgan fingerprint density at radius 2 is 2.17 bits per heavy atom. The fourth-order valence-corrected chi connectivity index (χ4v) is 2.22. The van der Waals surface area contributed by atoms with Gasteiger partial charge in [0.25, 0.3) is 5.56 Å². The predicted octanol–water partition coefficient (Wildman–Crippen LogP) is 2.67. The summed E-state index contributed by atoms with van der Waals surface area (Å²) in [5, 5.41) is 4.50. The van der Waals surface area contributed by atoms with Crippen LogP contribution < -0.4 is 5.56 Å². The van der Waals surface area contributed by atoms with Crippen molar-refractivity contribution < 1.29 is 0 Å². The molecule has 0 amide bonds. The molecule has 96 valence electrons. The molecule has 0 fully saturated rings. The van der Waals surface area contributed by atoms with E-state index in [0.717, 1.165) is 15.7 Å². The van der Waals surface area contributed by atoms with Crippen molar-refractivity contribution in [2.24, 2.45) is 0 Å². The lowest BCUT2D eigenvalue weighted by Crippen LogP contribution is -2.22. The van der Waals surface area contributed by atoms with Crippen LogP contribution in [-0.4, -0.2) is 14.3 Å². The molecule has 0 saturated heterocycles. The van der Waals surface area contributed by atoms with Crippen molar-refractivity contribution in [3.63, 3.8) is 0 Å². The van der Waals surface area contributed by atoms with Crippen LogP contribution in [0.5, 0.6) is 0 Å². The summed E-state index contributed by atoms with van der Waals surface area (Å²) in [4.78, 5) is 11.9. The van der Waals surface area contributed by atoms with Crippen molar-refractivity contribution in [2.45, 2.75) is 32.9 Å². The van der Waals surface area contributed by atoms with E-state index >= 15 is 0 Å². The third-order valence-electron chi connectivity index (χ3n) is 3.01. The molecule has 4 nitrogen and oxygen atoms in total. The van der Waals surface area contributed by atoms with Crippen LogP contribution in [0, 0.1) is 3.57 Å². The van der Waals surface area contributed by atoms with Gasteiger partial charge in [-0.05, 0) is 54.1 Å². The molecule has 2 aromatic heterocycles. The van der Waals surface area contributed by atoms with E-state index in [1.54, 1.807) is 10.8 Å². The Kier molecular flexibility index (Phi) is 4.21. The van der Waals surface area contributed by atoms with E-state index in [1.165, 1.54) is 0 Å². The van der Waals surface area contributed by atoms with Crippen LogP contribution in [0.25, 0.3) is 0 Å². The lowest BCUT2D eigenvalue weighted by Gasteiger charge is -2.08. The van der Waals surface area contributed by atoms with Crippen LogP contribution in [0.15, 0.2) is 35.4 Å². The summed E-state index contributed by atoms with van der Waals surface area (Å²) in [6, 6.07) is 6.07. The molecule has 0 aliphatic rings. The normalized spacial score (nSPS) is 12.6. The van der Waals surface area contributed by atoms with E-state index in [0.29, 0.717) is 12.6 Å². The molecule has 5 heteroatoms. The van der Waals surface area contributed by atoms with Crippen molar-refractivity contribution in [1.82, 2.24) is 14.3 Å². The second-order valence-corrected chi connectivity index (χ2v) is 5.50. The highest BCUT2D eigenvalue weighted by molar-refractivity contribution is 14.1. The molecule has 1 unspecified atom stereocenters. The molecule has 2 aromatic rings. The molecule has 1 atom stereocenters. The monoisotopic (exact) mass is 357 g/mol. The zero-order valence-corrected chi connectivity index (χ0v) is 12.7. The lowest BCUT2D eigenvalue weighted by atomic mass is 10.3. The Hall–Kier alpha value is -1.11. The Labute approximate surface area is 120 Å². The minimum atomic E-state index is 0.0381. The first-order chi connectivity index (χ1) is 8.61. The quantitative estimate of drug-likeness (QED) is 0.790. The van der Waals surface area contributed by atoms with Gasteiger partial charge in [0.2, 0.25) is 0 Å². The Balaban J connectivity index is 2.22. The molecule has 0 radical (unpaired) electrons. The second-order valence-electron chi connectivity index (χ2n) is 4.33. The number of halogens is 1. The molecule has 0 aliphatic carbocycles. The number of hydrogen-bond donors (Lipinski definition) is 0. The molecular formula is C13H16IN3O. The predicted molar refractivity (Wildman–Crippen MR) is 79.8 cm³/mol. The number of nitrogens with zero attached hydrogens (tertiary/aromatic N) is 3. The van der Waals surface area contributed by atoms with Gasteiger partial charge in [0, 0.05) is 18.4 Å². The summed E-state index contributed by atoms with van der Waals surface area (Å²) in [6.45, 7) is 4.80. The Bertz CT molecular complexity index is 588. The zero-order chi connectivity index (χ0) is 13.1. The van der Waals surface area contributed by atoms with Crippen LogP contribution in [-0.2, 0) is 6.54 Å². The van der Waals surface area contributed by atoms with Crippen molar-refractivity contribution in [3.8, 4) is 0 Å².